The Labute approximate surface area is 277 Å². The van der Waals surface area contributed by atoms with E-state index in [1.807, 2.05) is 44.4 Å². The van der Waals surface area contributed by atoms with Gasteiger partial charge in [-0.1, -0.05) is 35.3 Å². The van der Waals surface area contributed by atoms with Crippen LogP contribution in [0.5, 0.6) is 0 Å². The van der Waals surface area contributed by atoms with Gasteiger partial charge >= 0.3 is 12.1 Å². The molecule has 0 aliphatic carbocycles. The van der Waals surface area contributed by atoms with Gasteiger partial charge in [0.15, 0.2) is 0 Å². The Morgan fingerprint density at radius 3 is 2.30 bits per heavy atom. The van der Waals surface area contributed by atoms with Gasteiger partial charge in [-0.3, -0.25) is 19.5 Å². The fraction of sp³-hybridized carbons (Fsp3) is 0.300. The smallest absolute Gasteiger partial charge is 0.475 e. The van der Waals surface area contributed by atoms with Crippen molar-refractivity contribution in [2.24, 2.45) is 0 Å². The van der Waals surface area contributed by atoms with Crippen LogP contribution in [0.2, 0.25) is 10.0 Å². The number of aliphatic carboxylic acids is 1. The lowest BCUT2D eigenvalue weighted by molar-refractivity contribution is -0.192. The van der Waals surface area contributed by atoms with Crippen molar-refractivity contribution in [2.75, 3.05) is 49.3 Å². The summed E-state index contributed by atoms with van der Waals surface area (Å²) in [6.07, 6.45) is 1.23. The molecular weight excluding hydrogens is 666 g/mol. The van der Waals surface area contributed by atoms with Crippen LogP contribution in [0.4, 0.5) is 30.2 Å². The number of amides is 3. The van der Waals surface area contributed by atoms with E-state index < -0.39 is 18.1 Å². The molecule has 1 atom stereocenters. The number of H-pyrrole nitrogens is 1. The van der Waals surface area contributed by atoms with Crippen molar-refractivity contribution in [3.63, 3.8) is 0 Å². The molecule has 0 radical (unpaired) electrons. The number of aromatic nitrogens is 2. The van der Waals surface area contributed by atoms with Crippen molar-refractivity contribution in [2.45, 2.75) is 25.1 Å². The summed E-state index contributed by atoms with van der Waals surface area (Å²) in [7, 11) is 3.98. The van der Waals surface area contributed by atoms with Gasteiger partial charge in [0.05, 0.1) is 27.5 Å². The molecule has 4 rings (SSSR count). The highest BCUT2D eigenvalue weighted by molar-refractivity contribution is 6.40. The summed E-state index contributed by atoms with van der Waals surface area (Å²) in [5.41, 5.74) is 2.17. The molecule has 1 saturated heterocycles. The van der Waals surface area contributed by atoms with Gasteiger partial charge in [0.1, 0.15) is 5.69 Å². The first-order valence-electron chi connectivity index (χ1n) is 14.0. The number of alkyl halides is 3. The summed E-state index contributed by atoms with van der Waals surface area (Å²) in [4.78, 5) is 51.0. The number of hydrogen-bond donors (Lipinski definition) is 5. The highest BCUT2D eigenvalue weighted by Crippen LogP contribution is 2.26. The van der Waals surface area contributed by atoms with Crippen molar-refractivity contribution >= 4 is 64.0 Å². The zero-order valence-corrected chi connectivity index (χ0v) is 26.7. The molecule has 0 spiro atoms. The van der Waals surface area contributed by atoms with Crippen LogP contribution in [0.25, 0.3) is 0 Å². The van der Waals surface area contributed by atoms with Crippen LogP contribution in [-0.2, 0) is 9.59 Å². The molecule has 17 heteroatoms. The molecule has 0 saturated carbocycles. The van der Waals surface area contributed by atoms with Gasteiger partial charge in [-0.2, -0.15) is 18.3 Å². The molecule has 252 valence electrons. The number of benzene rings is 2. The molecule has 1 aliphatic rings. The Morgan fingerprint density at radius 1 is 1.06 bits per heavy atom. The second-order valence-electron chi connectivity index (χ2n) is 10.4. The van der Waals surface area contributed by atoms with Crippen LogP contribution in [0.3, 0.4) is 0 Å². The Morgan fingerprint density at radius 2 is 1.70 bits per heavy atom. The molecular formula is C30H32Cl2F3N7O5. The maximum absolute atomic E-state index is 13.0. The number of nitrogens with one attached hydrogen (secondary N) is 4. The number of carboxylic acids is 1. The van der Waals surface area contributed by atoms with E-state index in [0.717, 1.165) is 31.6 Å². The van der Waals surface area contributed by atoms with Crippen molar-refractivity contribution in [3.05, 3.63) is 82.1 Å². The van der Waals surface area contributed by atoms with E-state index in [9.17, 15) is 27.6 Å². The molecule has 1 fully saturated rings. The largest absolute Gasteiger partial charge is 0.490 e. The minimum atomic E-state index is -5.08. The van der Waals surface area contributed by atoms with Crippen LogP contribution in [0, 0.1) is 0 Å². The minimum Gasteiger partial charge on any atom is -0.475 e. The van der Waals surface area contributed by atoms with Crippen LogP contribution < -0.4 is 20.9 Å². The van der Waals surface area contributed by atoms with Gasteiger partial charge in [-0.25, -0.2) is 4.79 Å². The van der Waals surface area contributed by atoms with Crippen molar-refractivity contribution < 1.29 is 37.5 Å². The number of halogens is 5. The van der Waals surface area contributed by atoms with Gasteiger partial charge < -0.3 is 30.9 Å². The lowest BCUT2D eigenvalue weighted by atomic mass is 10.2. The van der Waals surface area contributed by atoms with E-state index in [0.29, 0.717) is 12.2 Å². The number of anilines is 3. The first-order valence-corrected chi connectivity index (χ1v) is 14.8. The van der Waals surface area contributed by atoms with E-state index >= 15 is 0 Å². The third-order valence-electron chi connectivity index (χ3n) is 6.58. The average molecular weight is 699 g/mol. The first-order chi connectivity index (χ1) is 22.1. The molecule has 5 N–H and O–H groups in total. The third-order valence-corrected chi connectivity index (χ3v) is 7.21. The zero-order valence-electron chi connectivity index (χ0n) is 25.2. The number of nitrogens with zero attached hydrogens (tertiary/aromatic N) is 3. The number of carbonyl (C=O) groups is 4. The van der Waals surface area contributed by atoms with Crippen LogP contribution in [0.1, 0.15) is 33.7 Å². The number of aromatic amines is 1. The van der Waals surface area contributed by atoms with Gasteiger partial charge in [-0.15, -0.1) is 0 Å². The van der Waals surface area contributed by atoms with E-state index in [4.69, 9.17) is 33.1 Å². The zero-order chi connectivity index (χ0) is 34.7. The lowest BCUT2D eigenvalue weighted by Crippen LogP contribution is -2.37. The van der Waals surface area contributed by atoms with E-state index in [1.165, 1.54) is 6.20 Å². The molecule has 3 aromatic rings. The van der Waals surface area contributed by atoms with Crippen LogP contribution in [0.15, 0.2) is 60.8 Å². The quantitative estimate of drug-likeness (QED) is 0.184. The summed E-state index contributed by atoms with van der Waals surface area (Å²) in [5, 5.41) is 22.6. The Balaban J connectivity index is 0.000000771. The maximum Gasteiger partial charge on any atom is 0.490 e. The predicted octanol–water partition coefficient (Wildman–Crippen LogP) is 5.06. The van der Waals surface area contributed by atoms with Crippen molar-refractivity contribution in [1.29, 1.82) is 0 Å². The Bertz CT molecular complexity index is 1580. The normalized spacial score (nSPS) is 14.5. The van der Waals surface area contributed by atoms with E-state index in [2.05, 4.69) is 35.9 Å². The molecule has 0 unspecified atom stereocenters. The van der Waals surface area contributed by atoms with Gasteiger partial charge in [0.25, 0.3) is 11.8 Å². The van der Waals surface area contributed by atoms with E-state index in [-0.39, 0.29) is 44.8 Å². The minimum absolute atomic E-state index is 0.107. The molecule has 3 amide bonds. The molecule has 47 heavy (non-hydrogen) atoms. The van der Waals surface area contributed by atoms with Gasteiger partial charge in [0, 0.05) is 37.1 Å². The number of rotatable bonds is 10. The highest BCUT2D eigenvalue weighted by atomic mass is 35.5. The molecule has 1 aliphatic heterocycles. The Hall–Kier alpha value is -4.60. The SMILES string of the molecule is CN(C)CC/C=C/C(=O)Nc1ccc(N2CC[C@H](NC(=O)c3[nH]ncc3NC(=O)c3c(Cl)cccc3Cl)C2)cc1.O=C(O)C(F)(F)F. The second-order valence-corrected chi connectivity index (χ2v) is 11.3. The van der Waals surface area contributed by atoms with Crippen LogP contribution in [-0.4, -0.2) is 89.8 Å². The fourth-order valence-corrected chi connectivity index (χ4v) is 4.86. The number of carboxylic acid groups (broad SMARTS) is 1. The fourth-order valence-electron chi connectivity index (χ4n) is 4.29. The third kappa shape index (κ3) is 11.3. The molecule has 2 aromatic carbocycles. The van der Waals surface area contributed by atoms with Crippen LogP contribution >= 0.6 is 23.2 Å². The second kappa shape index (κ2) is 16.8. The Kier molecular flexibility index (Phi) is 13.2. The molecule has 0 bridgehead atoms. The van der Waals surface area contributed by atoms with Gasteiger partial charge in [0.2, 0.25) is 5.91 Å². The highest BCUT2D eigenvalue weighted by Gasteiger charge is 2.38. The summed E-state index contributed by atoms with van der Waals surface area (Å²) in [6, 6.07) is 12.3. The number of hydrogen-bond acceptors (Lipinski definition) is 7. The average Bonchev–Trinajstić information content (AvgIpc) is 3.65. The predicted molar refractivity (Wildman–Crippen MR) is 172 cm³/mol. The van der Waals surface area contributed by atoms with Crippen molar-refractivity contribution in [1.82, 2.24) is 20.4 Å². The summed E-state index contributed by atoms with van der Waals surface area (Å²) < 4.78 is 31.7. The standard InChI is InChI=1S/C28H31Cl2N7O3.C2HF3O2/c1-36(2)14-4-3-8-24(38)32-18-9-11-20(12-10-18)37-15-13-19(17-37)33-28(40)26-23(16-31-35-26)34-27(39)25-21(29)6-5-7-22(25)30;3-2(4,5)1(6)7/h3,5-12,16,19H,4,13-15,17H2,1-2H3,(H,31,35)(H,32,38)(H,33,40)(H,34,39);(H,6,7)/b8-3+;/t19-;/m0./s1. The molecule has 12 nitrogen and oxygen atoms in total. The molecule has 2 heterocycles. The monoisotopic (exact) mass is 697 g/mol. The topological polar surface area (TPSA) is 160 Å². The van der Waals surface area contributed by atoms with E-state index in [1.54, 1.807) is 24.3 Å². The first kappa shape index (κ1) is 36.9. The van der Waals surface area contributed by atoms with Gasteiger partial charge in [-0.05, 0) is 69.4 Å². The summed E-state index contributed by atoms with van der Waals surface area (Å²) >= 11 is 12.3. The summed E-state index contributed by atoms with van der Waals surface area (Å²) in [5.74, 6) is -3.85. The number of carbonyl (C=O) groups excluding carboxylic acids is 3. The summed E-state index contributed by atoms with van der Waals surface area (Å²) in [6.45, 7) is 2.24. The lowest BCUT2D eigenvalue weighted by Gasteiger charge is -2.19. The molecule has 1 aromatic heterocycles. The van der Waals surface area contributed by atoms with Crippen molar-refractivity contribution in [3.8, 4) is 0 Å². The maximum atomic E-state index is 13.0.